The van der Waals surface area contributed by atoms with E-state index in [1.54, 1.807) is 0 Å². The zero-order valence-corrected chi connectivity index (χ0v) is 14.9. The molecule has 25 heavy (non-hydrogen) atoms. The lowest BCUT2D eigenvalue weighted by Crippen LogP contribution is -2.15. The molecule has 1 heteroatoms. The molecule has 0 heterocycles. The molecular weight excluding hydrogens is 304 g/mol. The number of hydrogen-bond donors (Lipinski definition) is 0. The Morgan fingerprint density at radius 2 is 1.44 bits per heavy atom. The summed E-state index contributed by atoms with van der Waals surface area (Å²) in [5, 5.41) is 0. The Kier molecular flexibility index (Phi) is 3.77. The van der Waals surface area contributed by atoms with Crippen molar-refractivity contribution in [2.45, 2.75) is 64.2 Å². The minimum absolute atomic E-state index is 0.157. The summed E-state index contributed by atoms with van der Waals surface area (Å²) in [6.45, 7) is 0. The van der Waals surface area contributed by atoms with Crippen molar-refractivity contribution >= 4 is 5.78 Å². The third kappa shape index (κ3) is 2.65. The highest BCUT2D eigenvalue weighted by Gasteiger charge is 2.34. The highest BCUT2D eigenvalue weighted by molar-refractivity contribution is 6.04. The minimum atomic E-state index is 0.157. The van der Waals surface area contributed by atoms with Crippen LogP contribution in [0.1, 0.15) is 69.4 Å². The van der Waals surface area contributed by atoms with Crippen LogP contribution in [0.5, 0.6) is 0 Å². The molecule has 0 radical (unpaired) electrons. The Morgan fingerprint density at radius 1 is 0.760 bits per heavy atom. The maximum Gasteiger partial charge on any atom is 0.167 e. The standard InChI is InChI=1S/C24H26O/c25-24-21(14-16-9-10-17-5-1-2-7-19(17)13-16)15-20-12-11-18-6-3-4-8-22(18)23(20)24/h9-13,21H,1-8,14-15H2/t21-/m0/s1. The first-order chi connectivity index (χ1) is 12.3. The second kappa shape index (κ2) is 6.12. The predicted octanol–water partition coefficient (Wildman–Crippen LogP) is 5.04. The number of benzene rings is 2. The molecule has 3 aliphatic carbocycles. The van der Waals surface area contributed by atoms with Gasteiger partial charge in [0.15, 0.2) is 5.78 Å². The quantitative estimate of drug-likeness (QED) is 0.754. The Bertz CT molecular complexity index is 845. The second-order valence-corrected chi connectivity index (χ2v) is 8.22. The van der Waals surface area contributed by atoms with E-state index in [9.17, 15) is 4.79 Å². The Labute approximate surface area is 150 Å². The van der Waals surface area contributed by atoms with Crippen molar-refractivity contribution in [1.29, 1.82) is 0 Å². The molecule has 3 aliphatic rings. The predicted molar refractivity (Wildman–Crippen MR) is 101 cm³/mol. The summed E-state index contributed by atoms with van der Waals surface area (Å²) in [7, 11) is 0. The van der Waals surface area contributed by atoms with Crippen LogP contribution >= 0.6 is 0 Å². The molecule has 0 aliphatic heterocycles. The number of carbonyl (C=O) groups excluding carboxylic acids is 1. The molecule has 1 atom stereocenters. The van der Waals surface area contributed by atoms with Crippen molar-refractivity contribution in [3.05, 3.63) is 69.3 Å². The van der Waals surface area contributed by atoms with Gasteiger partial charge in [0.05, 0.1) is 0 Å². The lowest BCUT2D eigenvalue weighted by atomic mass is 9.85. The number of fused-ring (bicyclic) bond motifs is 4. The van der Waals surface area contributed by atoms with Gasteiger partial charge in [0.1, 0.15) is 0 Å². The minimum Gasteiger partial charge on any atom is -0.294 e. The highest BCUT2D eigenvalue weighted by atomic mass is 16.1. The van der Waals surface area contributed by atoms with Crippen molar-refractivity contribution in [2.75, 3.05) is 0 Å². The Balaban J connectivity index is 1.42. The molecule has 0 fully saturated rings. The van der Waals surface area contributed by atoms with E-state index in [0.29, 0.717) is 5.78 Å². The van der Waals surface area contributed by atoms with Crippen molar-refractivity contribution in [2.24, 2.45) is 5.92 Å². The molecule has 0 saturated carbocycles. The van der Waals surface area contributed by atoms with E-state index in [2.05, 4.69) is 30.3 Å². The van der Waals surface area contributed by atoms with E-state index < -0.39 is 0 Å². The van der Waals surface area contributed by atoms with Crippen LogP contribution in [-0.2, 0) is 38.5 Å². The van der Waals surface area contributed by atoms with Crippen LogP contribution in [0.25, 0.3) is 0 Å². The summed E-state index contributed by atoms with van der Waals surface area (Å²) in [4.78, 5) is 13.2. The van der Waals surface area contributed by atoms with Gasteiger partial charge >= 0.3 is 0 Å². The summed E-state index contributed by atoms with van der Waals surface area (Å²) in [5.74, 6) is 0.580. The number of hydrogen-bond acceptors (Lipinski definition) is 1. The zero-order chi connectivity index (χ0) is 16.8. The van der Waals surface area contributed by atoms with Crippen molar-refractivity contribution < 1.29 is 4.79 Å². The van der Waals surface area contributed by atoms with Crippen molar-refractivity contribution in [1.82, 2.24) is 0 Å². The summed E-state index contributed by atoms with van der Waals surface area (Å²) in [6.07, 6.45) is 11.7. The average molecular weight is 330 g/mol. The summed E-state index contributed by atoms with van der Waals surface area (Å²) in [5.41, 5.74) is 9.68. The fourth-order valence-corrected chi connectivity index (χ4v) is 5.28. The third-order valence-corrected chi connectivity index (χ3v) is 6.60. The van der Waals surface area contributed by atoms with Crippen LogP contribution < -0.4 is 0 Å². The van der Waals surface area contributed by atoms with Gasteiger partial charge in [-0.25, -0.2) is 0 Å². The van der Waals surface area contributed by atoms with Gasteiger partial charge in [-0.3, -0.25) is 4.79 Å². The van der Waals surface area contributed by atoms with Gasteiger partial charge in [-0.2, -0.15) is 0 Å². The molecule has 0 unspecified atom stereocenters. The molecular formula is C24H26O. The van der Waals surface area contributed by atoms with Gasteiger partial charge in [0.2, 0.25) is 0 Å². The van der Waals surface area contributed by atoms with E-state index in [4.69, 9.17) is 0 Å². The summed E-state index contributed by atoms with van der Waals surface area (Å²) < 4.78 is 0. The van der Waals surface area contributed by atoms with Crippen molar-refractivity contribution in [3.63, 3.8) is 0 Å². The molecule has 0 saturated heterocycles. The van der Waals surface area contributed by atoms with Gasteiger partial charge in [0, 0.05) is 11.5 Å². The third-order valence-electron chi connectivity index (χ3n) is 6.60. The number of aryl methyl sites for hydroxylation is 3. The fraction of sp³-hybridized carbons (Fsp3) is 0.458. The van der Waals surface area contributed by atoms with Crippen molar-refractivity contribution in [3.8, 4) is 0 Å². The summed E-state index contributed by atoms with van der Waals surface area (Å²) in [6, 6.07) is 11.5. The lowest BCUT2D eigenvalue weighted by molar-refractivity contribution is 0.0935. The van der Waals surface area contributed by atoms with Gasteiger partial charge in [-0.05, 0) is 97.6 Å². The van der Waals surface area contributed by atoms with Crippen LogP contribution in [0.15, 0.2) is 30.3 Å². The van der Waals surface area contributed by atoms with Crippen LogP contribution in [0.3, 0.4) is 0 Å². The first kappa shape index (κ1) is 15.4. The molecule has 2 aromatic rings. The molecule has 1 nitrogen and oxygen atoms in total. The fourth-order valence-electron chi connectivity index (χ4n) is 5.28. The van der Waals surface area contributed by atoms with E-state index >= 15 is 0 Å². The second-order valence-electron chi connectivity index (χ2n) is 8.22. The number of ketones is 1. The van der Waals surface area contributed by atoms with E-state index in [1.807, 2.05) is 0 Å². The summed E-state index contributed by atoms with van der Waals surface area (Å²) >= 11 is 0. The van der Waals surface area contributed by atoms with Crippen LogP contribution in [0.4, 0.5) is 0 Å². The van der Waals surface area contributed by atoms with E-state index in [0.717, 1.165) is 31.2 Å². The van der Waals surface area contributed by atoms with Gasteiger partial charge in [-0.1, -0.05) is 30.3 Å². The molecule has 0 N–H and O–H groups in total. The average Bonchev–Trinajstić information content (AvgIpc) is 2.98. The maximum absolute atomic E-state index is 13.2. The Hall–Kier alpha value is -1.89. The molecule has 0 bridgehead atoms. The van der Waals surface area contributed by atoms with E-state index in [1.165, 1.54) is 71.9 Å². The first-order valence-corrected chi connectivity index (χ1v) is 10.1. The van der Waals surface area contributed by atoms with E-state index in [-0.39, 0.29) is 5.92 Å². The number of Topliss-reactive ketones (excluding diaryl/α,β-unsaturated/α-hetero) is 1. The van der Waals surface area contributed by atoms with Gasteiger partial charge in [0.25, 0.3) is 0 Å². The smallest absolute Gasteiger partial charge is 0.167 e. The molecule has 0 spiro atoms. The molecule has 0 aromatic heterocycles. The maximum atomic E-state index is 13.2. The van der Waals surface area contributed by atoms with Crippen LogP contribution in [-0.4, -0.2) is 5.78 Å². The Morgan fingerprint density at radius 3 is 2.32 bits per heavy atom. The SMILES string of the molecule is O=C1c2c(ccc3c2CCCC3)C[C@@H]1Cc1ccc2c(c1)CCCC2. The van der Waals surface area contributed by atoms with Crippen LogP contribution in [0.2, 0.25) is 0 Å². The molecule has 5 rings (SSSR count). The highest BCUT2D eigenvalue weighted by Crippen LogP contribution is 2.36. The van der Waals surface area contributed by atoms with Gasteiger partial charge < -0.3 is 0 Å². The zero-order valence-electron chi connectivity index (χ0n) is 14.9. The molecule has 0 amide bonds. The number of carbonyl (C=O) groups is 1. The lowest BCUT2D eigenvalue weighted by Gasteiger charge is -2.19. The first-order valence-electron chi connectivity index (χ1n) is 10.1. The number of rotatable bonds is 2. The normalized spacial score (nSPS) is 21.6. The topological polar surface area (TPSA) is 17.1 Å². The van der Waals surface area contributed by atoms with Gasteiger partial charge in [-0.15, -0.1) is 0 Å². The molecule has 2 aromatic carbocycles. The molecule has 128 valence electrons. The monoisotopic (exact) mass is 330 g/mol. The largest absolute Gasteiger partial charge is 0.294 e. The van der Waals surface area contributed by atoms with Crippen LogP contribution in [0, 0.1) is 5.92 Å².